The smallest absolute Gasteiger partial charge is 0.122 e. The van der Waals surface area contributed by atoms with Crippen LogP contribution in [-0.2, 0) is 6.54 Å². The van der Waals surface area contributed by atoms with Crippen LogP contribution in [0.5, 0.6) is 5.75 Å². The quantitative estimate of drug-likeness (QED) is 0.769. The molecule has 0 radical (unpaired) electrons. The Morgan fingerprint density at radius 1 is 1.38 bits per heavy atom. The van der Waals surface area contributed by atoms with Crippen molar-refractivity contribution >= 4 is 0 Å². The van der Waals surface area contributed by atoms with Crippen molar-refractivity contribution in [1.29, 1.82) is 0 Å². The Bertz CT molecular complexity index is 271. The molecule has 0 saturated carbocycles. The van der Waals surface area contributed by atoms with E-state index in [0.717, 1.165) is 29.9 Å². The maximum atomic E-state index is 5.54. The zero-order chi connectivity index (χ0) is 9.68. The average Bonchev–Trinajstić information content (AvgIpc) is 2.16. The van der Waals surface area contributed by atoms with E-state index in [0.29, 0.717) is 6.54 Å². The summed E-state index contributed by atoms with van der Waals surface area (Å²) in [5.41, 5.74) is 7.85. The summed E-state index contributed by atoms with van der Waals surface area (Å²) >= 11 is 0. The molecule has 1 aromatic carbocycles. The van der Waals surface area contributed by atoms with Gasteiger partial charge in [0.1, 0.15) is 5.75 Å². The largest absolute Gasteiger partial charge is 0.493 e. The van der Waals surface area contributed by atoms with E-state index >= 15 is 0 Å². The molecule has 72 valence electrons. The molecule has 0 bridgehead atoms. The van der Waals surface area contributed by atoms with Crippen LogP contribution in [-0.4, -0.2) is 6.61 Å². The molecular formula is C11H17NO. The van der Waals surface area contributed by atoms with Crippen molar-refractivity contribution in [1.82, 2.24) is 0 Å². The Kier molecular flexibility index (Phi) is 3.77. The van der Waals surface area contributed by atoms with E-state index in [2.05, 4.69) is 13.0 Å². The van der Waals surface area contributed by atoms with E-state index in [9.17, 15) is 0 Å². The third kappa shape index (κ3) is 2.74. The van der Waals surface area contributed by atoms with Gasteiger partial charge in [0, 0.05) is 6.54 Å². The highest BCUT2D eigenvalue weighted by atomic mass is 16.5. The van der Waals surface area contributed by atoms with Crippen LogP contribution in [0.4, 0.5) is 0 Å². The van der Waals surface area contributed by atoms with E-state index in [4.69, 9.17) is 10.5 Å². The van der Waals surface area contributed by atoms with Crippen molar-refractivity contribution in [3.05, 3.63) is 29.3 Å². The standard InChI is InChI=1S/C11H17NO/c1-3-6-13-11-5-4-10(8-12)7-9(11)2/h4-5,7H,3,6,8,12H2,1-2H3. The second-order valence-electron chi connectivity index (χ2n) is 3.15. The number of benzene rings is 1. The lowest BCUT2D eigenvalue weighted by molar-refractivity contribution is 0.315. The fraction of sp³-hybridized carbons (Fsp3) is 0.455. The van der Waals surface area contributed by atoms with Gasteiger partial charge in [-0.2, -0.15) is 0 Å². The lowest BCUT2D eigenvalue weighted by Crippen LogP contribution is -2.00. The van der Waals surface area contributed by atoms with Gasteiger partial charge in [-0.15, -0.1) is 0 Å². The predicted octanol–water partition coefficient (Wildman–Crippen LogP) is 2.24. The van der Waals surface area contributed by atoms with Gasteiger partial charge in [0.05, 0.1) is 6.61 Å². The third-order valence-electron chi connectivity index (χ3n) is 1.94. The van der Waals surface area contributed by atoms with Crippen molar-refractivity contribution in [2.45, 2.75) is 26.8 Å². The maximum absolute atomic E-state index is 5.54. The molecule has 0 aliphatic carbocycles. The number of hydrogen-bond donors (Lipinski definition) is 1. The fourth-order valence-corrected chi connectivity index (χ4v) is 1.21. The van der Waals surface area contributed by atoms with Gasteiger partial charge in [0.25, 0.3) is 0 Å². The van der Waals surface area contributed by atoms with Crippen molar-refractivity contribution in [3.8, 4) is 5.75 Å². The highest BCUT2D eigenvalue weighted by molar-refractivity contribution is 5.36. The number of ether oxygens (including phenoxy) is 1. The molecule has 0 aromatic heterocycles. The highest BCUT2D eigenvalue weighted by Crippen LogP contribution is 2.18. The molecule has 0 saturated heterocycles. The van der Waals surface area contributed by atoms with Crippen molar-refractivity contribution in [2.75, 3.05) is 6.61 Å². The molecule has 1 aromatic rings. The van der Waals surface area contributed by atoms with E-state index in [1.807, 2.05) is 19.1 Å². The minimum absolute atomic E-state index is 0.592. The predicted molar refractivity (Wildman–Crippen MR) is 54.9 cm³/mol. The summed E-state index contributed by atoms with van der Waals surface area (Å²) in [5.74, 6) is 0.971. The van der Waals surface area contributed by atoms with E-state index in [1.165, 1.54) is 0 Å². The van der Waals surface area contributed by atoms with Crippen LogP contribution in [0, 0.1) is 6.92 Å². The van der Waals surface area contributed by atoms with Crippen LogP contribution in [0.3, 0.4) is 0 Å². The fourth-order valence-electron chi connectivity index (χ4n) is 1.21. The van der Waals surface area contributed by atoms with Gasteiger partial charge >= 0.3 is 0 Å². The molecule has 13 heavy (non-hydrogen) atoms. The van der Waals surface area contributed by atoms with Crippen molar-refractivity contribution in [2.24, 2.45) is 5.73 Å². The first-order valence-electron chi connectivity index (χ1n) is 4.70. The van der Waals surface area contributed by atoms with Crippen LogP contribution >= 0.6 is 0 Å². The minimum atomic E-state index is 0.592. The second-order valence-corrected chi connectivity index (χ2v) is 3.15. The first kappa shape index (κ1) is 10.1. The van der Waals surface area contributed by atoms with Crippen LogP contribution in [0.15, 0.2) is 18.2 Å². The highest BCUT2D eigenvalue weighted by Gasteiger charge is 1.99. The van der Waals surface area contributed by atoms with Gasteiger partial charge in [-0.25, -0.2) is 0 Å². The molecule has 0 amide bonds. The van der Waals surface area contributed by atoms with E-state index in [1.54, 1.807) is 0 Å². The number of aryl methyl sites for hydroxylation is 1. The summed E-state index contributed by atoms with van der Waals surface area (Å²) in [6.07, 6.45) is 1.04. The molecule has 0 unspecified atom stereocenters. The van der Waals surface area contributed by atoms with Crippen LogP contribution < -0.4 is 10.5 Å². The van der Waals surface area contributed by atoms with E-state index < -0.39 is 0 Å². The Morgan fingerprint density at radius 3 is 2.69 bits per heavy atom. The van der Waals surface area contributed by atoms with E-state index in [-0.39, 0.29) is 0 Å². The molecule has 0 spiro atoms. The summed E-state index contributed by atoms with van der Waals surface area (Å²) in [7, 11) is 0. The zero-order valence-corrected chi connectivity index (χ0v) is 8.34. The summed E-state index contributed by atoms with van der Waals surface area (Å²) in [6.45, 7) is 5.52. The lowest BCUT2D eigenvalue weighted by atomic mass is 10.1. The van der Waals surface area contributed by atoms with Gasteiger partial charge in [0.15, 0.2) is 0 Å². The molecule has 0 aliphatic rings. The number of nitrogens with two attached hydrogens (primary N) is 1. The molecule has 0 atom stereocenters. The first-order chi connectivity index (χ1) is 6.27. The van der Waals surface area contributed by atoms with Gasteiger partial charge in [-0.05, 0) is 30.5 Å². The van der Waals surface area contributed by atoms with Crippen molar-refractivity contribution < 1.29 is 4.74 Å². The van der Waals surface area contributed by atoms with Crippen molar-refractivity contribution in [3.63, 3.8) is 0 Å². The Morgan fingerprint density at radius 2 is 2.15 bits per heavy atom. The molecule has 0 aliphatic heterocycles. The molecule has 1 rings (SSSR count). The Hall–Kier alpha value is -1.02. The number of hydrogen-bond acceptors (Lipinski definition) is 2. The van der Waals surface area contributed by atoms with Crippen LogP contribution in [0.2, 0.25) is 0 Å². The molecule has 2 N–H and O–H groups in total. The maximum Gasteiger partial charge on any atom is 0.122 e. The molecule has 2 heteroatoms. The zero-order valence-electron chi connectivity index (χ0n) is 8.34. The Balaban J connectivity index is 2.73. The van der Waals surface area contributed by atoms with Gasteiger partial charge in [-0.1, -0.05) is 19.1 Å². The van der Waals surface area contributed by atoms with Gasteiger partial charge in [0.2, 0.25) is 0 Å². The second kappa shape index (κ2) is 4.87. The monoisotopic (exact) mass is 179 g/mol. The van der Waals surface area contributed by atoms with Crippen LogP contribution in [0.1, 0.15) is 24.5 Å². The number of rotatable bonds is 4. The Labute approximate surface area is 79.7 Å². The minimum Gasteiger partial charge on any atom is -0.493 e. The summed E-state index contributed by atoms with van der Waals surface area (Å²) in [5, 5.41) is 0. The topological polar surface area (TPSA) is 35.2 Å². The normalized spacial score (nSPS) is 10.1. The lowest BCUT2D eigenvalue weighted by Gasteiger charge is -2.08. The first-order valence-corrected chi connectivity index (χ1v) is 4.70. The van der Waals surface area contributed by atoms with Crippen LogP contribution in [0.25, 0.3) is 0 Å². The molecule has 0 fully saturated rings. The molecule has 0 heterocycles. The average molecular weight is 179 g/mol. The van der Waals surface area contributed by atoms with Gasteiger partial charge < -0.3 is 10.5 Å². The SMILES string of the molecule is CCCOc1ccc(CN)cc1C. The molecular weight excluding hydrogens is 162 g/mol. The summed E-state index contributed by atoms with van der Waals surface area (Å²) in [4.78, 5) is 0. The summed E-state index contributed by atoms with van der Waals surface area (Å²) in [6, 6.07) is 6.08. The summed E-state index contributed by atoms with van der Waals surface area (Å²) < 4.78 is 5.54. The third-order valence-corrected chi connectivity index (χ3v) is 1.94. The molecule has 2 nitrogen and oxygen atoms in total. The van der Waals surface area contributed by atoms with Gasteiger partial charge in [-0.3, -0.25) is 0 Å².